The first-order valence-electron chi connectivity index (χ1n) is 7.19. The summed E-state index contributed by atoms with van der Waals surface area (Å²) in [6, 6.07) is 9.45. The molecule has 3 N–H and O–H groups in total. The number of piperidine rings is 1. The highest BCUT2D eigenvalue weighted by molar-refractivity contribution is 9.10. The van der Waals surface area contributed by atoms with Crippen molar-refractivity contribution < 1.29 is 4.79 Å². The normalized spacial score (nSPS) is 26.6. The summed E-state index contributed by atoms with van der Waals surface area (Å²) in [6.45, 7) is 1.56. The second-order valence-corrected chi connectivity index (χ2v) is 6.68. The van der Waals surface area contributed by atoms with E-state index in [1.807, 2.05) is 0 Å². The van der Waals surface area contributed by atoms with Crippen molar-refractivity contribution in [3.05, 3.63) is 34.3 Å². The van der Waals surface area contributed by atoms with Crippen LogP contribution >= 0.6 is 15.9 Å². The second-order valence-electron chi connectivity index (χ2n) is 5.77. The number of benzene rings is 1. The van der Waals surface area contributed by atoms with Gasteiger partial charge in [0.25, 0.3) is 0 Å². The number of hydrogen-bond acceptors (Lipinski definition) is 2. The van der Waals surface area contributed by atoms with Gasteiger partial charge in [-0.25, -0.2) is 4.79 Å². The van der Waals surface area contributed by atoms with Gasteiger partial charge in [0, 0.05) is 35.6 Å². The molecule has 1 saturated carbocycles. The molecule has 2 fully saturated rings. The number of likely N-dealkylation sites (tertiary alicyclic amines) is 1. The van der Waals surface area contributed by atoms with Crippen molar-refractivity contribution in [2.24, 2.45) is 5.73 Å². The minimum atomic E-state index is -0.289. The van der Waals surface area contributed by atoms with Crippen LogP contribution in [0.5, 0.6) is 0 Å². The molecule has 3 rings (SSSR count). The van der Waals surface area contributed by atoms with Crippen molar-refractivity contribution in [3.63, 3.8) is 0 Å². The molecular formula is C15H20BrN3O. The Hall–Kier alpha value is -1.07. The highest BCUT2D eigenvalue weighted by Crippen LogP contribution is 2.41. The molecule has 0 radical (unpaired) electrons. The van der Waals surface area contributed by atoms with E-state index in [-0.39, 0.29) is 6.03 Å². The van der Waals surface area contributed by atoms with Gasteiger partial charge in [0.15, 0.2) is 0 Å². The standard InChI is InChI=1S/C15H20BrN3O/c16-11-3-1-10(2-4-11)13-9-14(13)18-12-5-7-19(8-6-12)15(17)20/h1-4,12-14,18H,5-9H2,(H2,17,20)/t13-,14+/m0/s1. The van der Waals surface area contributed by atoms with Crippen LogP contribution in [0.3, 0.4) is 0 Å². The molecule has 1 heterocycles. The maximum atomic E-state index is 11.1. The topological polar surface area (TPSA) is 58.4 Å². The molecule has 5 heteroatoms. The largest absolute Gasteiger partial charge is 0.351 e. The zero-order chi connectivity index (χ0) is 14.1. The van der Waals surface area contributed by atoms with Gasteiger partial charge in [0.05, 0.1) is 0 Å². The number of rotatable bonds is 3. The molecule has 0 unspecified atom stereocenters. The van der Waals surface area contributed by atoms with E-state index >= 15 is 0 Å². The Bertz CT molecular complexity index is 482. The van der Waals surface area contributed by atoms with Crippen LogP contribution in [0.2, 0.25) is 0 Å². The Balaban J connectivity index is 1.47. The van der Waals surface area contributed by atoms with E-state index in [1.165, 1.54) is 12.0 Å². The lowest BCUT2D eigenvalue weighted by Crippen LogP contribution is -2.47. The smallest absolute Gasteiger partial charge is 0.314 e. The summed E-state index contributed by atoms with van der Waals surface area (Å²) < 4.78 is 1.13. The van der Waals surface area contributed by atoms with Gasteiger partial charge in [-0.2, -0.15) is 0 Å². The summed E-state index contributed by atoms with van der Waals surface area (Å²) >= 11 is 3.47. The molecule has 0 bridgehead atoms. The number of halogens is 1. The van der Waals surface area contributed by atoms with Crippen LogP contribution in [0.25, 0.3) is 0 Å². The number of nitrogens with two attached hydrogens (primary N) is 1. The quantitative estimate of drug-likeness (QED) is 0.889. The molecule has 2 amide bonds. The van der Waals surface area contributed by atoms with Crippen LogP contribution < -0.4 is 11.1 Å². The molecule has 1 aliphatic carbocycles. The van der Waals surface area contributed by atoms with E-state index in [0.29, 0.717) is 18.0 Å². The Kier molecular flexibility index (Phi) is 3.98. The third-order valence-electron chi connectivity index (χ3n) is 4.35. The van der Waals surface area contributed by atoms with E-state index in [0.717, 1.165) is 30.4 Å². The van der Waals surface area contributed by atoms with Gasteiger partial charge in [-0.05, 0) is 37.0 Å². The van der Waals surface area contributed by atoms with Gasteiger partial charge in [-0.15, -0.1) is 0 Å². The predicted molar refractivity (Wildman–Crippen MR) is 82.6 cm³/mol. The van der Waals surface area contributed by atoms with Crippen LogP contribution in [0.1, 0.15) is 30.7 Å². The number of nitrogens with one attached hydrogen (secondary N) is 1. The van der Waals surface area contributed by atoms with Crippen LogP contribution in [-0.2, 0) is 0 Å². The van der Waals surface area contributed by atoms with E-state index < -0.39 is 0 Å². The van der Waals surface area contributed by atoms with Crippen LogP contribution in [-0.4, -0.2) is 36.1 Å². The van der Waals surface area contributed by atoms with Gasteiger partial charge in [0.1, 0.15) is 0 Å². The highest BCUT2D eigenvalue weighted by atomic mass is 79.9. The first-order valence-corrected chi connectivity index (χ1v) is 7.98. The fourth-order valence-corrected chi connectivity index (χ4v) is 3.29. The number of nitrogens with zero attached hydrogens (tertiary/aromatic N) is 1. The molecule has 1 aliphatic heterocycles. The fourth-order valence-electron chi connectivity index (χ4n) is 3.03. The van der Waals surface area contributed by atoms with Crippen molar-refractivity contribution in [1.82, 2.24) is 10.2 Å². The first-order chi connectivity index (χ1) is 9.63. The van der Waals surface area contributed by atoms with Gasteiger partial charge >= 0.3 is 6.03 Å². The summed E-state index contributed by atoms with van der Waals surface area (Å²) in [5.74, 6) is 0.650. The molecule has 1 saturated heterocycles. The molecule has 0 spiro atoms. The monoisotopic (exact) mass is 337 g/mol. The van der Waals surface area contributed by atoms with E-state index in [2.05, 4.69) is 45.5 Å². The van der Waals surface area contributed by atoms with Crippen molar-refractivity contribution in [1.29, 1.82) is 0 Å². The average molecular weight is 338 g/mol. The van der Waals surface area contributed by atoms with E-state index in [1.54, 1.807) is 4.90 Å². The second kappa shape index (κ2) is 5.74. The third kappa shape index (κ3) is 3.15. The molecule has 1 aromatic carbocycles. The molecule has 108 valence electrons. The maximum Gasteiger partial charge on any atom is 0.314 e. The van der Waals surface area contributed by atoms with Gasteiger partial charge < -0.3 is 16.0 Å². The average Bonchev–Trinajstić information content (AvgIpc) is 3.19. The summed E-state index contributed by atoms with van der Waals surface area (Å²) in [5, 5.41) is 3.72. The lowest BCUT2D eigenvalue weighted by Gasteiger charge is -2.31. The number of amides is 2. The van der Waals surface area contributed by atoms with Gasteiger partial charge in [-0.1, -0.05) is 28.1 Å². The minimum absolute atomic E-state index is 0.289. The summed E-state index contributed by atoms with van der Waals surface area (Å²) in [7, 11) is 0. The highest BCUT2D eigenvalue weighted by Gasteiger charge is 2.39. The Morgan fingerprint density at radius 2 is 1.90 bits per heavy atom. The molecule has 2 aliphatic rings. The van der Waals surface area contributed by atoms with Gasteiger partial charge in [-0.3, -0.25) is 0 Å². The van der Waals surface area contributed by atoms with Crippen molar-refractivity contribution >= 4 is 22.0 Å². The van der Waals surface area contributed by atoms with Crippen molar-refractivity contribution in [2.45, 2.75) is 37.3 Å². The molecule has 20 heavy (non-hydrogen) atoms. The molecular weight excluding hydrogens is 318 g/mol. The number of hydrogen-bond donors (Lipinski definition) is 2. The van der Waals surface area contributed by atoms with Crippen LogP contribution in [0, 0.1) is 0 Å². The molecule has 4 nitrogen and oxygen atoms in total. The zero-order valence-corrected chi connectivity index (χ0v) is 13.0. The molecule has 2 atom stereocenters. The van der Waals surface area contributed by atoms with Crippen molar-refractivity contribution in [2.75, 3.05) is 13.1 Å². The van der Waals surface area contributed by atoms with Crippen molar-refractivity contribution in [3.8, 4) is 0 Å². The Labute approximate surface area is 127 Å². The Morgan fingerprint density at radius 1 is 1.25 bits per heavy atom. The number of urea groups is 1. The summed E-state index contributed by atoms with van der Waals surface area (Å²) in [4.78, 5) is 12.8. The third-order valence-corrected chi connectivity index (χ3v) is 4.87. The fraction of sp³-hybridized carbons (Fsp3) is 0.533. The maximum absolute atomic E-state index is 11.1. The number of carbonyl (C=O) groups excluding carboxylic acids is 1. The lowest BCUT2D eigenvalue weighted by atomic mass is 10.0. The number of carbonyl (C=O) groups is 1. The van der Waals surface area contributed by atoms with E-state index in [9.17, 15) is 4.79 Å². The zero-order valence-electron chi connectivity index (χ0n) is 11.4. The first kappa shape index (κ1) is 13.9. The van der Waals surface area contributed by atoms with Gasteiger partial charge in [0.2, 0.25) is 0 Å². The predicted octanol–water partition coefficient (Wildman–Crippen LogP) is 2.44. The van der Waals surface area contributed by atoms with Crippen LogP contribution in [0.15, 0.2) is 28.7 Å². The van der Waals surface area contributed by atoms with Crippen LogP contribution in [0.4, 0.5) is 4.79 Å². The minimum Gasteiger partial charge on any atom is -0.351 e. The molecule has 0 aromatic heterocycles. The SMILES string of the molecule is NC(=O)N1CCC(N[C@@H]2C[C@H]2c2ccc(Br)cc2)CC1. The summed E-state index contributed by atoms with van der Waals surface area (Å²) in [5.41, 5.74) is 6.72. The summed E-state index contributed by atoms with van der Waals surface area (Å²) in [6.07, 6.45) is 3.23. The molecule has 1 aromatic rings. The lowest BCUT2D eigenvalue weighted by molar-refractivity contribution is 0.185. The van der Waals surface area contributed by atoms with E-state index in [4.69, 9.17) is 5.73 Å². The Morgan fingerprint density at radius 3 is 2.50 bits per heavy atom. The number of primary amides is 1.